The van der Waals surface area contributed by atoms with Crippen LogP contribution in [0.3, 0.4) is 0 Å². The number of benzene rings is 1. The van der Waals surface area contributed by atoms with Gasteiger partial charge >= 0.3 is 5.97 Å². The Hall–Kier alpha value is -1.75. The van der Waals surface area contributed by atoms with Crippen LogP contribution in [0.4, 0.5) is 5.69 Å². The number of hydrogen-bond donors (Lipinski definition) is 1. The average molecular weight is 256 g/mol. The van der Waals surface area contributed by atoms with Crippen molar-refractivity contribution in [1.82, 2.24) is 0 Å². The summed E-state index contributed by atoms with van der Waals surface area (Å²) in [5.41, 5.74) is 0.392. The normalized spacial score (nSPS) is 16.1. The van der Waals surface area contributed by atoms with Gasteiger partial charge in [0, 0.05) is 5.02 Å². The number of carboxylic acid groups (broad SMARTS) is 1. The van der Waals surface area contributed by atoms with Crippen molar-refractivity contribution >= 4 is 29.2 Å². The summed E-state index contributed by atoms with van der Waals surface area (Å²) >= 11 is 5.83. The van der Waals surface area contributed by atoms with Crippen molar-refractivity contribution in [3.05, 3.63) is 23.2 Å². The quantitative estimate of drug-likeness (QED) is 0.870. The lowest BCUT2D eigenvalue weighted by atomic mass is 10.2. The summed E-state index contributed by atoms with van der Waals surface area (Å²) in [5, 5.41) is 9.40. The predicted octanol–water partition coefficient (Wildman–Crippen LogP) is 1.54. The maximum absolute atomic E-state index is 11.7. The van der Waals surface area contributed by atoms with E-state index in [2.05, 4.69) is 0 Å². The van der Waals surface area contributed by atoms with Gasteiger partial charge in [0.1, 0.15) is 11.8 Å². The van der Waals surface area contributed by atoms with E-state index in [-0.39, 0.29) is 6.61 Å². The summed E-state index contributed by atoms with van der Waals surface area (Å²) in [6, 6.07) is 3.81. The fraction of sp³-hybridized carbons (Fsp3) is 0.273. The number of ether oxygens (including phenoxy) is 1. The minimum Gasteiger partial charge on any atom is -0.482 e. The lowest BCUT2D eigenvalue weighted by Crippen LogP contribution is -2.48. The number of hydrogen-bond acceptors (Lipinski definition) is 3. The van der Waals surface area contributed by atoms with Gasteiger partial charge in [-0.1, -0.05) is 11.6 Å². The SMILES string of the molecule is CC(C(=O)O)N1C(=O)COc2ccc(Cl)cc21. The Morgan fingerprint density at radius 1 is 1.59 bits per heavy atom. The van der Waals surface area contributed by atoms with Crippen LogP contribution in [-0.4, -0.2) is 29.6 Å². The molecule has 0 radical (unpaired) electrons. The Kier molecular flexibility index (Phi) is 2.93. The Morgan fingerprint density at radius 2 is 2.29 bits per heavy atom. The summed E-state index contributed by atoms with van der Waals surface area (Å²) in [6.07, 6.45) is 0. The molecule has 1 aliphatic rings. The van der Waals surface area contributed by atoms with Gasteiger partial charge in [-0.2, -0.15) is 0 Å². The molecule has 0 saturated heterocycles. The van der Waals surface area contributed by atoms with Crippen LogP contribution < -0.4 is 9.64 Å². The van der Waals surface area contributed by atoms with Crippen LogP contribution in [-0.2, 0) is 9.59 Å². The highest BCUT2D eigenvalue weighted by molar-refractivity contribution is 6.31. The molecule has 0 saturated carbocycles. The van der Waals surface area contributed by atoms with Crippen molar-refractivity contribution in [2.75, 3.05) is 11.5 Å². The van der Waals surface area contributed by atoms with E-state index in [1.807, 2.05) is 0 Å². The molecule has 17 heavy (non-hydrogen) atoms. The van der Waals surface area contributed by atoms with Crippen molar-refractivity contribution in [3.8, 4) is 5.75 Å². The number of aliphatic carboxylic acids is 1. The van der Waals surface area contributed by atoms with Crippen molar-refractivity contribution in [3.63, 3.8) is 0 Å². The standard InChI is InChI=1S/C11H10ClNO4/c1-6(11(15)16)13-8-4-7(12)2-3-9(8)17-5-10(13)14/h2-4,6H,5H2,1H3,(H,15,16). The number of halogens is 1. The van der Waals surface area contributed by atoms with Gasteiger partial charge in [0.2, 0.25) is 0 Å². The van der Waals surface area contributed by atoms with Crippen molar-refractivity contribution < 1.29 is 19.4 Å². The Morgan fingerprint density at radius 3 is 2.94 bits per heavy atom. The third-order valence-corrected chi connectivity index (χ3v) is 2.78. The largest absolute Gasteiger partial charge is 0.482 e. The van der Waals surface area contributed by atoms with Crippen LogP contribution in [0.1, 0.15) is 6.92 Å². The second kappa shape index (κ2) is 4.25. The van der Waals surface area contributed by atoms with Crippen molar-refractivity contribution in [1.29, 1.82) is 0 Å². The molecule has 2 rings (SSSR count). The lowest BCUT2D eigenvalue weighted by Gasteiger charge is -2.32. The number of carbonyl (C=O) groups excluding carboxylic acids is 1. The lowest BCUT2D eigenvalue weighted by molar-refractivity contribution is -0.140. The monoisotopic (exact) mass is 255 g/mol. The van der Waals surface area contributed by atoms with E-state index in [0.717, 1.165) is 0 Å². The zero-order valence-electron chi connectivity index (χ0n) is 9.01. The van der Waals surface area contributed by atoms with E-state index in [0.29, 0.717) is 16.5 Å². The molecule has 1 aromatic carbocycles. The highest BCUT2D eigenvalue weighted by atomic mass is 35.5. The number of amides is 1. The molecule has 1 N–H and O–H groups in total. The summed E-state index contributed by atoms with van der Waals surface area (Å²) in [5.74, 6) is -1.01. The smallest absolute Gasteiger partial charge is 0.326 e. The number of carbonyl (C=O) groups is 2. The number of rotatable bonds is 2. The minimum absolute atomic E-state index is 0.160. The minimum atomic E-state index is -1.08. The maximum Gasteiger partial charge on any atom is 0.326 e. The number of fused-ring (bicyclic) bond motifs is 1. The molecular formula is C11H10ClNO4. The molecule has 1 aromatic rings. The van der Waals surface area contributed by atoms with E-state index >= 15 is 0 Å². The third-order valence-electron chi connectivity index (χ3n) is 2.55. The van der Waals surface area contributed by atoms with E-state index < -0.39 is 17.9 Å². The Labute approximate surface area is 103 Å². The van der Waals surface area contributed by atoms with Gasteiger partial charge < -0.3 is 9.84 Å². The van der Waals surface area contributed by atoms with Gasteiger partial charge in [-0.05, 0) is 25.1 Å². The van der Waals surface area contributed by atoms with Gasteiger partial charge in [-0.3, -0.25) is 9.69 Å². The molecule has 0 spiro atoms. The molecule has 0 bridgehead atoms. The van der Waals surface area contributed by atoms with Gasteiger partial charge in [0.25, 0.3) is 5.91 Å². The van der Waals surface area contributed by atoms with Crippen LogP contribution in [0.25, 0.3) is 0 Å². The summed E-state index contributed by atoms with van der Waals surface area (Å²) in [7, 11) is 0. The van der Waals surface area contributed by atoms with E-state index in [1.54, 1.807) is 12.1 Å². The molecular weight excluding hydrogens is 246 g/mol. The molecule has 1 unspecified atom stereocenters. The first-order chi connectivity index (χ1) is 8.00. The molecule has 90 valence electrons. The summed E-state index contributed by atoms with van der Waals surface area (Å²) in [6.45, 7) is 1.28. The second-order valence-corrected chi connectivity index (χ2v) is 4.12. The highest BCUT2D eigenvalue weighted by Gasteiger charge is 2.32. The first-order valence-corrected chi connectivity index (χ1v) is 5.35. The number of anilines is 1. The fourth-order valence-corrected chi connectivity index (χ4v) is 1.85. The molecule has 6 heteroatoms. The van der Waals surface area contributed by atoms with Gasteiger partial charge in [-0.25, -0.2) is 4.79 Å². The zero-order chi connectivity index (χ0) is 12.6. The first kappa shape index (κ1) is 11.7. The van der Waals surface area contributed by atoms with E-state index in [4.69, 9.17) is 21.4 Å². The van der Waals surface area contributed by atoms with Crippen molar-refractivity contribution in [2.24, 2.45) is 0 Å². The molecule has 1 atom stereocenters. The molecule has 1 aliphatic heterocycles. The molecule has 5 nitrogen and oxygen atoms in total. The molecule has 0 aromatic heterocycles. The molecule has 1 heterocycles. The first-order valence-electron chi connectivity index (χ1n) is 4.98. The molecule has 1 amide bonds. The summed E-state index contributed by atoms with van der Waals surface area (Å²) < 4.78 is 5.21. The van der Waals surface area contributed by atoms with Crippen LogP contribution >= 0.6 is 11.6 Å². The van der Waals surface area contributed by atoms with E-state index in [1.165, 1.54) is 17.9 Å². The second-order valence-electron chi connectivity index (χ2n) is 3.68. The number of nitrogens with zero attached hydrogens (tertiary/aromatic N) is 1. The molecule has 0 aliphatic carbocycles. The molecule has 0 fully saturated rings. The number of carboxylic acids is 1. The maximum atomic E-state index is 11.7. The van der Waals surface area contributed by atoms with Crippen LogP contribution in [0, 0.1) is 0 Å². The zero-order valence-corrected chi connectivity index (χ0v) is 9.77. The fourth-order valence-electron chi connectivity index (χ4n) is 1.68. The van der Waals surface area contributed by atoms with Crippen LogP contribution in [0.5, 0.6) is 5.75 Å². The topological polar surface area (TPSA) is 66.8 Å². The Balaban J connectivity index is 2.49. The van der Waals surface area contributed by atoms with Gasteiger partial charge in [-0.15, -0.1) is 0 Å². The Bertz CT molecular complexity index is 488. The predicted molar refractivity (Wildman–Crippen MR) is 61.5 cm³/mol. The highest BCUT2D eigenvalue weighted by Crippen LogP contribution is 2.35. The average Bonchev–Trinajstić information content (AvgIpc) is 2.27. The summed E-state index contributed by atoms with van der Waals surface area (Å²) in [4.78, 5) is 23.9. The van der Waals surface area contributed by atoms with Crippen LogP contribution in [0.15, 0.2) is 18.2 Å². The van der Waals surface area contributed by atoms with Crippen molar-refractivity contribution in [2.45, 2.75) is 13.0 Å². The van der Waals surface area contributed by atoms with Gasteiger partial charge in [0.15, 0.2) is 6.61 Å². The van der Waals surface area contributed by atoms with E-state index in [9.17, 15) is 9.59 Å². The van der Waals surface area contributed by atoms with Gasteiger partial charge in [0.05, 0.1) is 5.69 Å². The third kappa shape index (κ3) is 2.06. The van der Waals surface area contributed by atoms with Crippen LogP contribution in [0.2, 0.25) is 5.02 Å².